The van der Waals surface area contributed by atoms with E-state index < -0.39 is 22.6 Å². The molecule has 1 N–H and O–H groups in total. The van der Waals surface area contributed by atoms with Crippen molar-refractivity contribution in [3.05, 3.63) is 64.7 Å². The number of rotatable bonds is 6. The molecule has 1 saturated heterocycles. The molecule has 2 amide bonds. The van der Waals surface area contributed by atoms with Crippen molar-refractivity contribution in [2.45, 2.75) is 81.9 Å². The molecular formula is C38H54ClN5O5S. The van der Waals surface area contributed by atoms with Gasteiger partial charge in [-0.1, -0.05) is 44.0 Å². The molecule has 5 rings (SSSR count). The Morgan fingerprint density at radius 3 is 2.60 bits per heavy atom. The minimum atomic E-state index is -1.78. The number of likely N-dealkylation sites (tertiary alicyclic amines) is 1. The lowest BCUT2D eigenvalue weighted by atomic mass is 9.91. The molecule has 0 saturated carbocycles. The Balaban J connectivity index is 1.50. The second-order valence-electron chi connectivity index (χ2n) is 14.6. The van der Waals surface area contributed by atoms with Gasteiger partial charge in [-0.2, -0.15) is 0 Å². The lowest BCUT2D eigenvalue weighted by Gasteiger charge is -2.42. The number of benzene rings is 2. The predicted molar refractivity (Wildman–Crippen MR) is 200 cm³/mol. The molecule has 0 spiro atoms. The Bertz CT molecular complexity index is 1580. The minimum Gasteiger partial charge on any atom is -0.491 e. The lowest BCUT2D eigenvalue weighted by Crippen LogP contribution is -2.59. The summed E-state index contributed by atoms with van der Waals surface area (Å²) in [6.45, 7) is 11.5. The van der Waals surface area contributed by atoms with Crippen molar-refractivity contribution < 1.29 is 23.3 Å². The van der Waals surface area contributed by atoms with Crippen molar-refractivity contribution in [1.29, 1.82) is 0 Å². The molecule has 274 valence electrons. The highest BCUT2D eigenvalue weighted by molar-refractivity contribution is 7.83. The van der Waals surface area contributed by atoms with E-state index in [0.29, 0.717) is 56.0 Å². The van der Waals surface area contributed by atoms with Gasteiger partial charge < -0.3 is 24.2 Å². The number of anilines is 1. The maximum absolute atomic E-state index is 13.6. The molecule has 3 aliphatic heterocycles. The highest BCUT2D eigenvalue weighted by Gasteiger charge is 2.37. The van der Waals surface area contributed by atoms with Crippen molar-refractivity contribution in [3.63, 3.8) is 0 Å². The summed E-state index contributed by atoms with van der Waals surface area (Å²) in [5.41, 5.74) is 2.30. The summed E-state index contributed by atoms with van der Waals surface area (Å²) in [7, 11) is 4.13. The number of nitrogens with zero attached hydrogens (tertiary/aromatic N) is 4. The van der Waals surface area contributed by atoms with E-state index in [-0.39, 0.29) is 23.8 Å². The standard InChI is InChI=1S/C38H54ClN5O5S/c1-8-11-27-20-29(39)13-15-32(27)28-22-43-19-17-26(9-2)34(49-37(46)44-23-30(24-44)41(5)6)12-10-18-42(7)38(3,4)36(45)40-50(47)31-14-16-35(48-25-28)33(43)21-31/h10,12-16,20-21,26,28,30,34H,8-9,11,17-19,22-25H2,1-7H3,(H,40,45)/b12-10+. The zero-order chi connectivity index (χ0) is 36.2. The molecule has 0 aliphatic carbocycles. The third kappa shape index (κ3) is 8.66. The first-order chi connectivity index (χ1) is 23.8. The molecule has 50 heavy (non-hydrogen) atoms. The summed E-state index contributed by atoms with van der Waals surface area (Å²) in [5, 5.41) is 0.721. The molecule has 12 heteroatoms. The van der Waals surface area contributed by atoms with Crippen LogP contribution >= 0.6 is 11.6 Å². The number of hydrogen-bond acceptors (Lipinski definition) is 8. The maximum atomic E-state index is 13.6. The summed E-state index contributed by atoms with van der Waals surface area (Å²) in [5.74, 6) is 0.443. The monoisotopic (exact) mass is 727 g/mol. The van der Waals surface area contributed by atoms with E-state index in [9.17, 15) is 13.8 Å². The molecule has 2 aromatic rings. The zero-order valence-corrected chi connectivity index (χ0v) is 32.2. The van der Waals surface area contributed by atoms with Gasteiger partial charge in [0.2, 0.25) is 0 Å². The van der Waals surface area contributed by atoms with Crippen LogP contribution in [-0.2, 0) is 26.9 Å². The minimum absolute atomic E-state index is 0.0326. The first kappa shape index (κ1) is 38.1. The van der Waals surface area contributed by atoms with Gasteiger partial charge in [0.15, 0.2) is 11.0 Å². The van der Waals surface area contributed by atoms with Gasteiger partial charge >= 0.3 is 6.09 Å². The Morgan fingerprint density at radius 1 is 1.14 bits per heavy atom. The highest BCUT2D eigenvalue weighted by atomic mass is 35.5. The predicted octanol–water partition coefficient (Wildman–Crippen LogP) is 5.86. The number of ether oxygens (including phenoxy) is 2. The van der Waals surface area contributed by atoms with Gasteiger partial charge in [-0.3, -0.25) is 14.4 Å². The Kier molecular flexibility index (Phi) is 12.6. The molecule has 3 aliphatic rings. The number of amides is 2. The zero-order valence-electron chi connectivity index (χ0n) is 30.6. The Hall–Kier alpha value is -3.12. The van der Waals surface area contributed by atoms with Crippen LogP contribution in [0.15, 0.2) is 53.4 Å². The van der Waals surface area contributed by atoms with Gasteiger partial charge in [0.1, 0.15) is 11.9 Å². The Morgan fingerprint density at radius 2 is 1.90 bits per heavy atom. The molecule has 1 fully saturated rings. The van der Waals surface area contributed by atoms with Crippen LogP contribution in [0.1, 0.15) is 64.0 Å². The number of halogens is 1. The molecular weight excluding hydrogens is 674 g/mol. The van der Waals surface area contributed by atoms with E-state index in [2.05, 4.69) is 40.5 Å². The molecule has 0 aromatic heterocycles. The van der Waals surface area contributed by atoms with Crippen LogP contribution in [0.3, 0.4) is 0 Å². The number of hydrogen-bond donors (Lipinski definition) is 1. The summed E-state index contributed by atoms with van der Waals surface area (Å²) >= 11 is 6.44. The van der Waals surface area contributed by atoms with Gasteiger partial charge in [-0.15, -0.1) is 0 Å². The molecule has 4 unspecified atom stereocenters. The van der Waals surface area contributed by atoms with Crippen molar-refractivity contribution >= 4 is 40.3 Å². The number of nitrogens with one attached hydrogen (secondary N) is 1. The van der Waals surface area contributed by atoms with Gasteiger partial charge in [0.25, 0.3) is 5.91 Å². The summed E-state index contributed by atoms with van der Waals surface area (Å²) < 4.78 is 29.1. The van der Waals surface area contributed by atoms with Crippen LogP contribution in [0.25, 0.3) is 0 Å². The van der Waals surface area contributed by atoms with Crippen molar-refractivity contribution in [1.82, 2.24) is 19.4 Å². The third-order valence-electron chi connectivity index (χ3n) is 10.7. The van der Waals surface area contributed by atoms with E-state index in [1.807, 2.05) is 70.2 Å². The van der Waals surface area contributed by atoms with Crippen LogP contribution in [0, 0.1) is 5.92 Å². The van der Waals surface area contributed by atoms with E-state index >= 15 is 0 Å². The van der Waals surface area contributed by atoms with Gasteiger partial charge in [-0.05, 0) is 102 Å². The fourth-order valence-electron chi connectivity index (χ4n) is 6.81. The van der Waals surface area contributed by atoms with Crippen molar-refractivity contribution in [3.8, 4) is 5.75 Å². The number of fused-ring (bicyclic) bond motifs is 1. The van der Waals surface area contributed by atoms with E-state index in [1.54, 1.807) is 11.0 Å². The second-order valence-corrected chi connectivity index (χ2v) is 16.2. The van der Waals surface area contributed by atoms with Crippen LogP contribution in [0.4, 0.5) is 10.5 Å². The SMILES string of the molecule is CCCc1cc(Cl)ccc1C1COc2ccc3cc2N(CCC(CC)C(OC(=O)N2CC(N(C)C)C2)/C=C/CN(C)C(C)(C)C(=O)NS3=O)C1. The summed E-state index contributed by atoms with van der Waals surface area (Å²) in [4.78, 5) is 35.5. The first-order valence-corrected chi connectivity index (χ1v) is 19.4. The number of likely N-dealkylation sites (N-methyl/N-ethyl adjacent to an activating group) is 2. The molecule has 2 bridgehead atoms. The average Bonchev–Trinajstić information content (AvgIpc) is 3.22. The fraction of sp³-hybridized carbons (Fsp3) is 0.579. The Labute approximate surface area is 305 Å². The molecule has 2 aromatic carbocycles. The van der Waals surface area contributed by atoms with Crippen LogP contribution in [0.5, 0.6) is 5.75 Å². The quantitative estimate of drug-likeness (QED) is 0.370. The number of carbonyl (C=O) groups excluding carboxylic acids is 2. The summed E-state index contributed by atoms with van der Waals surface area (Å²) in [6.07, 6.45) is 6.67. The molecule has 0 radical (unpaired) electrons. The smallest absolute Gasteiger partial charge is 0.410 e. The number of aryl methyl sites for hydroxylation is 1. The van der Waals surface area contributed by atoms with Crippen molar-refractivity contribution in [2.75, 3.05) is 65.4 Å². The largest absolute Gasteiger partial charge is 0.491 e. The van der Waals surface area contributed by atoms with Crippen molar-refractivity contribution in [2.24, 2.45) is 5.92 Å². The molecule has 10 nitrogen and oxygen atoms in total. The van der Waals surface area contributed by atoms with Crippen LogP contribution in [-0.4, -0.2) is 109 Å². The highest BCUT2D eigenvalue weighted by Crippen LogP contribution is 2.38. The van der Waals surface area contributed by atoms with E-state index in [4.69, 9.17) is 21.1 Å². The second kappa shape index (κ2) is 16.5. The van der Waals surface area contributed by atoms with Crippen LogP contribution in [0.2, 0.25) is 5.02 Å². The molecule has 3 heterocycles. The fourth-order valence-corrected chi connectivity index (χ4v) is 7.95. The topological polar surface area (TPSA) is 94.7 Å². The first-order valence-electron chi connectivity index (χ1n) is 17.8. The maximum Gasteiger partial charge on any atom is 0.410 e. The van der Waals surface area contributed by atoms with E-state index in [1.165, 1.54) is 11.1 Å². The normalized spacial score (nSPS) is 25.7. The summed E-state index contributed by atoms with van der Waals surface area (Å²) in [6, 6.07) is 12.0. The van der Waals surface area contributed by atoms with Gasteiger partial charge in [-0.25, -0.2) is 9.00 Å². The van der Waals surface area contributed by atoms with Crippen LogP contribution < -0.4 is 14.4 Å². The van der Waals surface area contributed by atoms with Gasteiger partial charge in [0.05, 0.1) is 22.7 Å². The molecule has 4 atom stereocenters. The third-order valence-corrected chi connectivity index (χ3v) is 12.0. The number of carbonyl (C=O) groups is 2. The lowest BCUT2D eigenvalue weighted by molar-refractivity contribution is -0.128. The van der Waals surface area contributed by atoms with Gasteiger partial charge in [0, 0.05) is 55.6 Å². The average molecular weight is 728 g/mol. The van der Waals surface area contributed by atoms with E-state index in [0.717, 1.165) is 36.4 Å².